The Morgan fingerprint density at radius 2 is 1.67 bits per heavy atom. The summed E-state index contributed by atoms with van der Waals surface area (Å²) in [4.78, 5) is 26.2. The molecule has 0 aromatic rings. The van der Waals surface area contributed by atoms with Gasteiger partial charge in [-0.15, -0.1) is 0 Å². The van der Waals surface area contributed by atoms with Crippen molar-refractivity contribution in [1.29, 1.82) is 0 Å². The summed E-state index contributed by atoms with van der Waals surface area (Å²) in [6.07, 6.45) is 5.90. The zero-order valence-electron chi connectivity index (χ0n) is 9.00. The molecule has 1 amide bonds. The van der Waals surface area contributed by atoms with Gasteiger partial charge in [0, 0.05) is 19.0 Å². The molecule has 2 aliphatic carbocycles. The Labute approximate surface area is 89.8 Å². The Kier molecular flexibility index (Phi) is 1.91. The molecule has 0 radical (unpaired) electrons. The number of carbonyl (C=O) groups excluding carboxylic acids is 2. The number of ketones is 1. The molecule has 1 heterocycles. The molecule has 0 aromatic heterocycles. The lowest BCUT2D eigenvalue weighted by molar-refractivity contribution is -0.143. The van der Waals surface area contributed by atoms with Crippen LogP contribution in [0.25, 0.3) is 0 Å². The van der Waals surface area contributed by atoms with Crippen molar-refractivity contribution in [3.63, 3.8) is 0 Å². The lowest BCUT2D eigenvalue weighted by Gasteiger charge is -2.21. The maximum atomic E-state index is 12.2. The Balaban J connectivity index is 1.74. The molecular weight excluding hydrogens is 190 g/mol. The molecule has 3 aliphatic rings. The van der Waals surface area contributed by atoms with Crippen LogP contribution >= 0.6 is 0 Å². The number of likely N-dealkylation sites (tertiary alicyclic amines) is 1. The van der Waals surface area contributed by atoms with Gasteiger partial charge < -0.3 is 4.90 Å². The zero-order valence-corrected chi connectivity index (χ0v) is 9.00. The highest BCUT2D eigenvalue weighted by molar-refractivity contribution is 6.10. The fraction of sp³-hybridized carbons (Fsp3) is 0.833. The molecule has 1 saturated heterocycles. The van der Waals surface area contributed by atoms with E-state index in [1.54, 1.807) is 0 Å². The van der Waals surface area contributed by atoms with E-state index in [0.29, 0.717) is 0 Å². The standard InChI is InChI=1S/C12H17NO2/c14-10(9-3-4-9)12(5-6-12)11(15)13-7-1-2-8-13/h9H,1-8H2. The molecule has 3 nitrogen and oxygen atoms in total. The average Bonchev–Trinajstić information content (AvgIpc) is 3.15. The predicted molar refractivity (Wildman–Crippen MR) is 55.2 cm³/mol. The van der Waals surface area contributed by atoms with Crippen LogP contribution in [0.3, 0.4) is 0 Å². The molecule has 3 fully saturated rings. The molecule has 0 spiro atoms. The Morgan fingerprint density at radius 1 is 1.07 bits per heavy atom. The highest BCUT2D eigenvalue weighted by Crippen LogP contribution is 2.53. The SMILES string of the molecule is O=C(C1CC1)C1(C(=O)N2CCCC2)CC1. The van der Waals surface area contributed by atoms with Crippen molar-refractivity contribution in [3.05, 3.63) is 0 Å². The minimum atomic E-state index is -0.536. The normalized spacial score (nSPS) is 27.9. The summed E-state index contributed by atoms with van der Waals surface area (Å²) < 4.78 is 0. The molecule has 15 heavy (non-hydrogen) atoms. The summed E-state index contributed by atoms with van der Waals surface area (Å²) in [6, 6.07) is 0. The molecule has 82 valence electrons. The number of carbonyl (C=O) groups is 2. The number of hydrogen-bond donors (Lipinski definition) is 0. The summed E-state index contributed by atoms with van der Waals surface area (Å²) >= 11 is 0. The van der Waals surface area contributed by atoms with Gasteiger partial charge in [-0.2, -0.15) is 0 Å². The summed E-state index contributed by atoms with van der Waals surface area (Å²) in [5, 5.41) is 0. The second-order valence-electron chi connectivity index (χ2n) is 5.22. The van der Waals surface area contributed by atoms with E-state index < -0.39 is 5.41 Å². The topological polar surface area (TPSA) is 37.4 Å². The maximum Gasteiger partial charge on any atom is 0.236 e. The first kappa shape index (κ1) is 9.37. The number of rotatable bonds is 3. The van der Waals surface area contributed by atoms with Crippen LogP contribution in [0.15, 0.2) is 0 Å². The van der Waals surface area contributed by atoms with Crippen LogP contribution in [0.5, 0.6) is 0 Å². The Morgan fingerprint density at radius 3 is 2.13 bits per heavy atom. The summed E-state index contributed by atoms with van der Waals surface area (Å²) in [5.41, 5.74) is -0.536. The summed E-state index contributed by atoms with van der Waals surface area (Å²) in [7, 11) is 0. The zero-order chi connectivity index (χ0) is 10.5. The van der Waals surface area contributed by atoms with Crippen LogP contribution in [0.1, 0.15) is 38.5 Å². The number of nitrogens with zero attached hydrogens (tertiary/aromatic N) is 1. The molecule has 0 unspecified atom stereocenters. The van der Waals surface area contributed by atoms with Crippen molar-refractivity contribution in [3.8, 4) is 0 Å². The van der Waals surface area contributed by atoms with Gasteiger partial charge in [-0.1, -0.05) is 0 Å². The second-order valence-corrected chi connectivity index (χ2v) is 5.22. The largest absolute Gasteiger partial charge is 0.342 e. The van der Waals surface area contributed by atoms with Gasteiger partial charge in [0.25, 0.3) is 0 Å². The van der Waals surface area contributed by atoms with Gasteiger partial charge in [-0.05, 0) is 38.5 Å². The highest BCUT2D eigenvalue weighted by Gasteiger charge is 2.60. The molecular formula is C12H17NO2. The molecule has 0 aromatic carbocycles. The minimum Gasteiger partial charge on any atom is -0.342 e. The lowest BCUT2D eigenvalue weighted by Crippen LogP contribution is -2.39. The van der Waals surface area contributed by atoms with E-state index in [9.17, 15) is 9.59 Å². The van der Waals surface area contributed by atoms with E-state index in [2.05, 4.69) is 0 Å². The van der Waals surface area contributed by atoms with Crippen molar-refractivity contribution >= 4 is 11.7 Å². The van der Waals surface area contributed by atoms with Crippen LogP contribution in [-0.4, -0.2) is 29.7 Å². The first-order chi connectivity index (χ1) is 7.24. The molecule has 0 N–H and O–H groups in total. The van der Waals surface area contributed by atoms with Gasteiger partial charge in [0.1, 0.15) is 5.41 Å². The summed E-state index contributed by atoms with van der Waals surface area (Å²) in [5.74, 6) is 0.648. The first-order valence-corrected chi connectivity index (χ1v) is 6.08. The van der Waals surface area contributed by atoms with Gasteiger partial charge >= 0.3 is 0 Å². The van der Waals surface area contributed by atoms with Gasteiger partial charge in [0.15, 0.2) is 5.78 Å². The van der Waals surface area contributed by atoms with E-state index in [-0.39, 0.29) is 17.6 Å². The Hall–Kier alpha value is -0.860. The second kappa shape index (κ2) is 3.06. The van der Waals surface area contributed by atoms with E-state index in [1.165, 1.54) is 0 Å². The Bertz CT molecular complexity index is 310. The van der Waals surface area contributed by atoms with E-state index in [0.717, 1.165) is 51.6 Å². The maximum absolute atomic E-state index is 12.2. The summed E-state index contributed by atoms with van der Waals surface area (Å²) in [6.45, 7) is 1.75. The van der Waals surface area contributed by atoms with Gasteiger partial charge in [0.2, 0.25) is 5.91 Å². The lowest BCUT2D eigenvalue weighted by atomic mass is 9.95. The third kappa shape index (κ3) is 1.40. The quantitative estimate of drug-likeness (QED) is 0.655. The molecule has 3 heteroatoms. The first-order valence-electron chi connectivity index (χ1n) is 6.08. The molecule has 0 atom stereocenters. The molecule has 1 aliphatic heterocycles. The molecule has 2 saturated carbocycles. The average molecular weight is 207 g/mol. The fourth-order valence-corrected chi connectivity index (χ4v) is 2.65. The number of amides is 1. The minimum absolute atomic E-state index is 0.150. The van der Waals surface area contributed by atoms with Crippen molar-refractivity contribution in [2.75, 3.05) is 13.1 Å². The van der Waals surface area contributed by atoms with Gasteiger partial charge in [0.05, 0.1) is 0 Å². The van der Waals surface area contributed by atoms with Crippen LogP contribution in [0, 0.1) is 11.3 Å². The van der Waals surface area contributed by atoms with Crippen LogP contribution in [-0.2, 0) is 9.59 Å². The van der Waals surface area contributed by atoms with Crippen LogP contribution in [0.4, 0.5) is 0 Å². The number of hydrogen-bond acceptors (Lipinski definition) is 2. The van der Waals surface area contributed by atoms with E-state index >= 15 is 0 Å². The predicted octanol–water partition coefficient (Wildman–Crippen LogP) is 1.37. The van der Waals surface area contributed by atoms with Crippen LogP contribution < -0.4 is 0 Å². The van der Waals surface area contributed by atoms with Crippen molar-refractivity contribution < 1.29 is 9.59 Å². The van der Waals surface area contributed by atoms with Crippen molar-refractivity contribution in [2.45, 2.75) is 38.5 Å². The smallest absolute Gasteiger partial charge is 0.236 e. The van der Waals surface area contributed by atoms with Crippen molar-refractivity contribution in [2.24, 2.45) is 11.3 Å². The third-order valence-electron chi connectivity index (χ3n) is 3.97. The number of Topliss-reactive ketones (excluding diaryl/α,β-unsaturated/α-hetero) is 1. The highest BCUT2D eigenvalue weighted by atomic mass is 16.2. The molecule has 0 bridgehead atoms. The monoisotopic (exact) mass is 207 g/mol. The van der Waals surface area contributed by atoms with Crippen LogP contribution in [0.2, 0.25) is 0 Å². The van der Waals surface area contributed by atoms with Crippen molar-refractivity contribution in [1.82, 2.24) is 4.90 Å². The van der Waals surface area contributed by atoms with Gasteiger partial charge in [-0.25, -0.2) is 0 Å². The third-order valence-corrected chi connectivity index (χ3v) is 3.97. The van der Waals surface area contributed by atoms with E-state index in [1.807, 2.05) is 4.90 Å². The van der Waals surface area contributed by atoms with E-state index in [4.69, 9.17) is 0 Å². The fourth-order valence-electron chi connectivity index (χ4n) is 2.65. The van der Waals surface area contributed by atoms with Gasteiger partial charge in [-0.3, -0.25) is 9.59 Å². The molecule has 3 rings (SSSR count).